The Bertz CT molecular complexity index is 253. The Morgan fingerprint density at radius 3 is 3.36 bits per heavy atom. The van der Waals surface area contributed by atoms with Crippen molar-refractivity contribution in [3.8, 4) is 12.3 Å². The summed E-state index contributed by atoms with van der Waals surface area (Å²) in [4.78, 5) is 0. The monoisotopic (exact) mass is 146 g/mol. The minimum Gasteiger partial charge on any atom is -0.358 e. The van der Waals surface area contributed by atoms with E-state index in [0.29, 0.717) is 6.42 Å². The minimum atomic E-state index is -0.252. The molecule has 0 saturated carbocycles. The zero-order valence-electron chi connectivity index (χ0n) is 6.29. The molecular weight excluding hydrogens is 136 g/mol. The maximum Gasteiger partial charge on any atom is 0.116 e. The molecule has 2 bridgehead atoms. The Kier molecular flexibility index (Phi) is 1.37. The van der Waals surface area contributed by atoms with E-state index in [4.69, 9.17) is 11.2 Å². The molecule has 2 aliphatic heterocycles. The summed E-state index contributed by atoms with van der Waals surface area (Å²) in [5.74, 6) is 2.63. The molecule has 0 amide bonds. The van der Waals surface area contributed by atoms with E-state index in [9.17, 15) is 0 Å². The molecule has 0 aromatic heterocycles. The molecule has 56 valence electrons. The fourth-order valence-corrected chi connectivity index (χ4v) is 1.57. The second-order valence-corrected chi connectivity index (χ2v) is 2.99. The van der Waals surface area contributed by atoms with E-state index in [1.54, 1.807) is 0 Å². The van der Waals surface area contributed by atoms with Crippen LogP contribution in [0.2, 0.25) is 0 Å². The molecular formula is C10H10O. The lowest BCUT2D eigenvalue weighted by molar-refractivity contribution is 0.00530. The zero-order chi connectivity index (χ0) is 7.73. The highest BCUT2D eigenvalue weighted by molar-refractivity contribution is 5.27. The highest BCUT2D eigenvalue weighted by atomic mass is 16.5. The van der Waals surface area contributed by atoms with Gasteiger partial charge >= 0.3 is 0 Å². The van der Waals surface area contributed by atoms with Crippen molar-refractivity contribution >= 4 is 0 Å². The number of ether oxygens (including phenoxy) is 1. The highest BCUT2D eigenvalue weighted by Crippen LogP contribution is 2.33. The molecule has 0 aromatic carbocycles. The quantitative estimate of drug-likeness (QED) is 0.404. The molecule has 0 saturated heterocycles. The van der Waals surface area contributed by atoms with Crippen LogP contribution in [0.3, 0.4) is 0 Å². The standard InChI is InChI=1S/C10H10O/c1-2-6-10-7-3-4-9(11-10)5-8-10/h1,3,5,7-9H,4,6H2. The highest BCUT2D eigenvalue weighted by Gasteiger charge is 2.34. The number of hydrogen-bond donors (Lipinski definition) is 0. The third kappa shape index (κ3) is 1.00. The van der Waals surface area contributed by atoms with Gasteiger partial charge in [-0.2, -0.15) is 0 Å². The van der Waals surface area contributed by atoms with Gasteiger partial charge in [0.05, 0.1) is 6.10 Å². The van der Waals surface area contributed by atoms with Gasteiger partial charge in [-0.15, -0.1) is 12.3 Å². The molecule has 2 rings (SSSR count). The second kappa shape index (κ2) is 2.25. The van der Waals surface area contributed by atoms with Gasteiger partial charge in [-0.3, -0.25) is 0 Å². The van der Waals surface area contributed by atoms with Crippen molar-refractivity contribution in [3.05, 3.63) is 24.3 Å². The zero-order valence-corrected chi connectivity index (χ0v) is 6.29. The molecule has 0 fully saturated rings. The van der Waals surface area contributed by atoms with E-state index in [0.717, 1.165) is 6.42 Å². The average Bonchev–Trinajstić information content (AvgIpc) is 2.28. The van der Waals surface area contributed by atoms with E-state index in [2.05, 4.69) is 30.2 Å². The van der Waals surface area contributed by atoms with E-state index in [1.165, 1.54) is 0 Å². The Hall–Kier alpha value is -1.00. The Morgan fingerprint density at radius 1 is 1.64 bits per heavy atom. The molecule has 2 aliphatic rings. The van der Waals surface area contributed by atoms with Crippen LogP contribution < -0.4 is 0 Å². The third-order valence-corrected chi connectivity index (χ3v) is 2.11. The Labute approximate surface area is 66.7 Å². The van der Waals surface area contributed by atoms with Crippen LogP contribution in [-0.2, 0) is 4.74 Å². The summed E-state index contributed by atoms with van der Waals surface area (Å²) in [6.45, 7) is 0. The van der Waals surface area contributed by atoms with Gasteiger partial charge in [0.25, 0.3) is 0 Å². The molecule has 0 N–H and O–H groups in total. The number of hydrogen-bond acceptors (Lipinski definition) is 1. The first-order chi connectivity index (χ1) is 5.35. The van der Waals surface area contributed by atoms with Crippen molar-refractivity contribution in [1.82, 2.24) is 0 Å². The van der Waals surface area contributed by atoms with E-state index in [-0.39, 0.29) is 11.7 Å². The molecule has 2 atom stereocenters. The van der Waals surface area contributed by atoms with Crippen molar-refractivity contribution < 1.29 is 4.74 Å². The van der Waals surface area contributed by atoms with Crippen LogP contribution in [0.4, 0.5) is 0 Å². The second-order valence-electron chi connectivity index (χ2n) is 2.99. The normalized spacial score (nSPS) is 39.0. The first kappa shape index (κ1) is 6.69. The minimum absolute atomic E-state index is 0.252. The predicted octanol–water partition coefficient (Wildman–Crippen LogP) is 1.66. The third-order valence-electron chi connectivity index (χ3n) is 2.11. The first-order valence-electron chi connectivity index (χ1n) is 3.83. The summed E-state index contributed by atoms with van der Waals surface area (Å²) in [5, 5.41) is 0. The van der Waals surface area contributed by atoms with Crippen molar-refractivity contribution in [3.63, 3.8) is 0 Å². The largest absolute Gasteiger partial charge is 0.358 e. The van der Waals surface area contributed by atoms with Crippen LogP contribution in [-0.4, -0.2) is 11.7 Å². The summed E-state index contributed by atoms with van der Waals surface area (Å²) in [7, 11) is 0. The van der Waals surface area contributed by atoms with Crippen molar-refractivity contribution in [2.24, 2.45) is 0 Å². The number of fused-ring (bicyclic) bond motifs is 2. The van der Waals surface area contributed by atoms with Gasteiger partial charge in [0.1, 0.15) is 5.60 Å². The van der Waals surface area contributed by atoms with Gasteiger partial charge in [-0.25, -0.2) is 0 Å². The van der Waals surface area contributed by atoms with Crippen molar-refractivity contribution in [2.45, 2.75) is 24.5 Å². The Morgan fingerprint density at radius 2 is 2.55 bits per heavy atom. The predicted molar refractivity (Wildman–Crippen MR) is 44.0 cm³/mol. The fourth-order valence-electron chi connectivity index (χ4n) is 1.57. The van der Waals surface area contributed by atoms with Crippen molar-refractivity contribution in [1.29, 1.82) is 0 Å². The van der Waals surface area contributed by atoms with Crippen LogP contribution in [0.1, 0.15) is 12.8 Å². The van der Waals surface area contributed by atoms with Gasteiger partial charge in [0.15, 0.2) is 0 Å². The number of terminal acetylenes is 1. The molecule has 2 heterocycles. The summed E-state index contributed by atoms with van der Waals surface area (Å²) in [6, 6.07) is 0. The summed E-state index contributed by atoms with van der Waals surface area (Å²) in [6.07, 6.45) is 15.5. The van der Waals surface area contributed by atoms with E-state index >= 15 is 0 Å². The van der Waals surface area contributed by atoms with Crippen molar-refractivity contribution in [2.75, 3.05) is 0 Å². The SMILES string of the molecule is C#CCC12C=CCC(C=C1)O2. The average molecular weight is 146 g/mol. The molecule has 0 aliphatic carbocycles. The van der Waals surface area contributed by atoms with Crippen LogP contribution in [0, 0.1) is 12.3 Å². The lowest BCUT2D eigenvalue weighted by Crippen LogP contribution is -2.29. The van der Waals surface area contributed by atoms with Gasteiger partial charge in [0, 0.05) is 6.42 Å². The van der Waals surface area contributed by atoms with Gasteiger partial charge in [-0.1, -0.05) is 18.2 Å². The summed E-state index contributed by atoms with van der Waals surface area (Å²) in [5.41, 5.74) is -0.252. The van der Waals surface area contributed by atoms with Crippen LogP contribution in [0.5, 0.6) is 0 Å². The first-order valence-corrected chi connectivity index (χ1v) is 3.83. The maximum absolute atomic E-state index is 5.68. The molecule has 0 spiro atoms. The van der Waals surface area contributed by atoms with E-state index < -0.39 is 0 Å². The van der Waals surface area contributed by atoms with Gasteiger partial charge < -0.3 is 4.74 Å². The molecule has 0 radical (unpaired) electrons. The Balaban J connectivity index is 2.26. The van der Waals surface area contributed by atoms with Crippen LogP contribution >= 0.6 is 0 Å². The molecule has 0 aromatic rings. The molecule has 2 unspecified atom stereocenters. The summed E-state index contributed by atoms with van der Waals surface area (Å²) >= 11 is 0. The topological polar surface area (TPSA) is 9.23 Å². The maximum atomic E-state index is 5.68. The van der Waals surface area contributed by atoms with E-state index in [1.807, 2.05) is 0 Å². The summed E-state index contributed by atoms with van der Waals surface area (Å²) < 4.78 is 5.68. The van der Waals surface area contributed by atoms with Gasteiger partial charge in [0.2, 0.25) is 0 Å². The fraction of sp³-hybridized carbons (Fsp3) is 0.400. The molecule has 11 heavy (non-hydrogen) atoms. The van der Waals surface area contributed by atoms with Gasteiger partial charge in [-0.05, 0) is 12.5 Å². The molecule has 1 heteroatoms. The lowest BCUT2D eigenvalue weighted by atomic mass is 9.99. The lowest BCUT2D eigenvalue weighted by Gasteiger charge is -2.26. The van der Waals surface area contributed by atoms with Crippen LogP contribution in [0.25, 0.3) is 0 Å². The van der Waals surface area contributed by atoms with Crippen LogP contribution in [0.15, 0.2) is 24.3 Å². The number of rotatable bonds is 1. The molecule has 1 nitrogen and oxygen atoms in total. The smallest absolute Gasteiger partial charge is 0.116 e.